The van der Waals surface area contributed by atoms with Crippen molar-refractivity contribution in [1.29, 1.82) is 0 Å². The number of aromatic nitrogens is 2. The van der Waals surface area contributed by atoms with E-state index < -0.39 is 11.9 Å². The van der Waals surface area contributed by atoms with Crippen molar-refractivity contribution >= 4 is 28.7 Å². The minimum Gasteiger partial charge on any atom is -0.465 e. The Morgan fingerprint density at radius 1 is 1.12 bits per heavy atom. The fourth-order valence-corrected chi connectivity index (χ4v) is 2.82. The smallest absolute Gasteiger partial charge is 0.355 e. The number of rotatable bonds is 4. The van der Waals surface area contributed by atoms with E-state index in [1.807, 2.05) is 29.7 Å². The molecule has 7 heteroatoms. The lowest BCUT2D eigenvalue weighted by Gasteiger charge is -2.23. The van der Waals surface area contributed by atoms with Crippen LogP contribution in [-0.4, -0.2) is 35.7 Å². The van der Waals surface area contributed by atoms with Crippen molar-refractivity contribution in [2.45, 2.75) is 13.5 Å². The summed E-state index contributed by atoms with van der Waals surface area (Å²) in [4.78, 5) is 30.6. The summed E-state index contributed by atoms with van der Waals surface area (Å²) in [5, 5.41) is 0. The van der Waals surface area contributed by atoms with Crippen LogP contribution < -0.4 is 4.90 Å². The molecule has 0 spiro atoms. The van der Waals surface area contributed by atoms with Crippen LogP contribution in [0.4, 0.5) is 5.69 Å². The van der Waals surface area contributed by atoms with Crippen molar-refractivity contribution in [2.75, 3.05) is 19.1 Å². The number of hydrogen-bond acceptors (Lipinski definition) is 6. The summed E-state index contributed by atoms with van der Waals surface area (Å²) in [7, 11) is 2.54. The Balaban J connectivity index is 2.17. The molecule has 1 aliphatic heterocycles. The van der Waals surface area contributed by atoms with E-state index >= 15 is 0 Å². The van der Waals surface area contributed by atoms with Crippen molar-refractivity contribution in [2.24, 2.45) is 0 Å². The van der Waals surface area contributed by atoms with Crippen molar-refractivity contribution in [3.05, 3.63) is 60.2 Å². The summed E-state index contributed by atoms with van der Waals surface area (Å²) in [5.41, 5.74) is 2.66. The quantitative estimate of drug-likeness (QED) is 0.787. The lowest BCUT2D eigenvalue weighted by atomic mass is 10.1. The summed E-state index contributed by atoms with van der Waals surface area (Å²) in [5.74, 6) is -1.26. The molecule has 7 nitrogen and oxygen atoms in total. The zero-order valence-electron chi connectivity index (χ0n) is 14.8. The molecule has 0 saturated heterocycles. The van der Waals surface area contributed by atoms with Crippen LogP contribution in [0, 0.1) is 0 Å². The van der Waals surface area contributed by atoms with Crippen LogP contribution in [0.2, 0.25) is 0 Å². The average Bonchev–Trinajstić information content (AvgIpc) is 2.95. The second-order valence-corrected chi connectivity index (χ2v) is 5.52. The van der Waals surface area contributed by atoms with E-state index in [1.54, 1.807) is 29.6 Å². The number of nitrogens with zero attached hydrogens (tertiary/aromatic N) is 3. The van der Waals surface area contributed by atoms with Gasteiger partial charge < -0.3 is 18.9 Å². The Morgan fingerprint density at radius 3 is 2.58 bits per heavy atom. The van der Waals surface area contributed by atoms with Crippen LogP contribution in [0.25, 0.3) is 11.0 Å². The molecule has 0 fully saturated rings. The van der Waals surface area contributed by atoms with Gasteiger partial charge in [-0.25, -0.2) is 14.6 Å². The molecule has 0 atom stereocenters. The van der Waals surface area contributed by atoms with Crippen LogP contribution in [0.3, 0.4) is 0 Å². The fourth-order valence-electron chi connectivity index (χ4n) is 2.82. The number of anilines is 1. The first-order valence-corrected chi connectivity index (χ1v) is 8.10. The topological polar surface area (TPSA) is 73.7 Å². The molecule has 0 aliphatic carbocycles. The van der Waals surface area contributed by atoms with Gasteiger partial charge in [0, 0.05) is 18.4 Å². The minimum atomic E-state index is -0.638. The van der Waals surface area contributed by atoms with Crippen LogP contribution in [-0.2, 0) is 25.6 Å². The number of fused-ring (bicyclic) bond motifs is 1. The first kappa shape index (κ1) is 17.5. The summed E-state index contributed by atoms with van der Waals surface area (Å²) in [6.45, 7) is 2.85. The molecule has 0 bridgehead atoms. The zero-order chi connectivity index (χ0) is 18.7. The molecule has 1 aromatic carbocycles. The molecular weight excluding hydrogens is 334 g/mol. The van der Waals surface area contributed by atoms with Gasteiger partial charge >= 0.3 is 11.9 Å². The lowest BCUT2D eigenvalue weighted by molar-refractivity contribution is -0.139. The number of aryl methyl sites for hydroxylation is 1. The van der Waals surface area contributed by atoms with Gasteiger partial charge in [-0.1, -0.05) is 6.08 Å². The molecule has 134 valence electrons. The normalized spacial score (nSPS) is 13.9. The third-order valence-electron chi connectivity index (χ3n) is 4.11. The molecule has 26 heavy (non-hydrogen) atoms. The fraction of sp³-hybridized carbons (Fsp3) is 0.211. The molecule has 0 amide bonds. The molecule has 3 rings (SSSR count). The van der Waals surface area contributed by atoms with Crippen molar-refractivity contribution in [3.63, 3.8) is 0 Å². The van der Waals surface area contributed by atoms with E-state index in [4.69, 9.17) is 9.47 Å². The Morgan fingerprint density at radius 2 is 1.88 bits per heavy atom. The Kier molecular flexibility index (Phi) is 4.88. The molecule has 1 aliphatic rings. The molecular formula is C19H19N3O4. The van der Waals surface area contributed by atoms with Gasteiger partial charge in [0.25, 0.3) is 0 Å². The number of ether oxygens (including phenoxy) is 2. The van der Waals surface area contributed by atoms with E-state index in [0.717, 1.165) is 17.6 Å². The largest absolute Gasteiger partial charge is 0.465 e. The predicted octanol–water partition coefficient (Wildman–Crippen LogP) is 2.55. The average molecular weight is 353 g/mol. The standard InChI is InChI=1S/C19H19N3O4/c1-4-21-12-20-15-11-13(8-9-16(15)21)22-10-6-5-7-14(18(23)25-2)17(22)19(24)26-3/h5-12H,4H2,1-3H3. The lowest BCUT2D eigenvalue weighted by Crippen LogP contribution is -2.26. The number of benzene rings is 1. The van der Waals surface area contributed by atoms with Crippen LogP contribution in [0.1, 0.15) is 6.92 Å². The summed E-state index contributed by atoms with van der Waals surface area (Å²) >= 11 is 0. The molecule has 2 aromatic rings. The number of carbonyl (C=O) groups excluding carboxylic acids is 2. The maximum Gasteiger partial charge on any atom is 0.355 e. The van der Waals surface area contributed by atoms with E-state index in [9.17, 15) is 9.59 Å². The Hall–Kier alpha value is -3.35. The highest BCUT2D eigenvalue weighted by atomic mass is 16.5. The molecule has 0 unspecified atom stereocenters. The zero-order valence-corrected chi connectivity index (χ0v) is 14.8. The predicted molar refractivity (Wildman–Crippen MR) is 97.2 cm³/mol. The Labute approximate surface area is 150 Å². The van der Waals surface area contributed by atoms with Crippen molar-refractivity contribution in [1.82, 2.24) is 9.55 Å². The second-order valence-electron chi connectivity index (χ2n) is 5.52. The van der Waals surface area contributed by atoms with Crippen LogP contribution in [0.15, 0.2) is 60.2 Å². The highest BCUT2D eigenvalue weighted by Gasteiger charge is 2.27. The molecule has 1 aromatic heterocycles. The first-order valence-electron chi connectivity index (χ1n) is 8.10. The van der Waals surface area contributed by atoms with Gasteiger partial charge in [0.2, 0.25) is 0 Å². The number of imidazole rings is 1. The van der Waals surface area contributed by atoms with E-state index in [2.05, 4.69) is 4.98 Å². The van der Waals surface area contributed by atoms with Gasteiger partial charge in [0.15, 0.2) is 0 Å². The highest BCUT2D eigenvalue weighted by Crippen LogP contribution is 2.28. The van der Waals surface area contributed by atoms with Gasteiger partial charge in [0.1, 0.15) is 5.70 Å². The number of allylic oxidation sites excluding steroid dienone is 2. The molecule has 0 N–H and O–H groups in total. The van der Waals surface area contributed by atoms with Crippen molar-refractivity contribution < 1.29 is 19.1 Å². The van der Waals surface area contributed by atoms with Gasteiger partial charge in [-0.2, -0.15) is 0 Å². The van der Waals surface area contributed by atoms with Gasteiger partial charge in [-0.15, -0.1) is 0 Å². The maximum absolute atomic E-state index is 12.4. The third-order valence-corrected chi connectivity index (χ3v) is 4.11. The summed E-state index contributed by atoms with van der Waals surface area (Å²) < 4.78 is 11.7. The molecule has 2 heterocycles. The third kappa shape index (κ3) is 2.99. The number of hydrogen-bond donors (Lipinski definition) is 0. The number of esters is 2. The van der Waals surface area contributed by atoms with E-state index in [-0.39, 0.29) is 11.3 Å². The van der Waals surface area contributed by atoms with Crippen molar-refractivity contribution in [3.8, 4) is 0 Å². The SMILES string of the molecule is CCn1cnc2cc(N3C=CC=CC(C(=O)OC)=C3C(=O)OC)ccc21. The van der Waals surface area contributed by atoms with Gasteiger partial charge in [-0.3, -0.25) is 0 Å². The Bertz CT molecular complexity index is 953. The van der Waals surface area contributed by atoms with Gasteiger partial charge in [-0.05, 0) is 37.3 Å². The minimum absolute atomic E-state index is 0.0821. The summed E-state index contributed by atoms with van der Waals surface area (Å²) in [6.07, 6.45) is 8.38. The van der Waals surface area contributed by atoms with E-state index in [0.29, 0.717) is 5.69 Å². The monoisotopic (exact) mass is 353 g/mol. The highest BCUT2D eigenvalue weighted by molar-refractivity contribution is 6.05. The van der Waals surface area contributed by atoms with E-state index in [1.165, 1.54) is 20.3 Å². The van der Waals surface area contributed by atoms with Crippen LogP contribution >= 0.6 is 0 Å². The summed E-state index contributed by atoms with van der Waals surface area (Å²) in [6, 6.07) is 5.65. The van der Waals surface area contributed by atoms with Crippen LogP contribution in [0.5, 0.6) is 0 Å². The molecule has 0 saturated carbocycles. The van der Waals surface area contributed by atoms with Gasteiger partial charge in [0.05, 0.1) is 37.2 Å². The molecule has 0 radical (unpaired) electrons. The first-order chi connectivity index (χ1) is 12.6. The maximum atomic E-state index is 12.4. The number of methoxy groups -OCH3 is 2. The number of carbonyl (C=O) groups is 2. The second kappa shape index (κ2) is 7.26.